The summed E-state index contributed by atoms with van der Waals surface area (Å²) in [5, 5.41) is 12.6. The maximum absolute atomic E-state index is 12.4. The van der Waals surface area contributed by atoms with E-state index < -0.39 is 0 Å². The highest BCUT2D eigenvalue weighted by Gasteiger charge is 2.17. The number of carbonyl (C=O) groups excluding carboxylic acids is 1. The average Bonchev–Trinajstić information content (AvgIpc) is 3.17. The standard InChI is InChI=1S/C20H20Cl2N4O3S/c1-4-26-19(12-8-9-15(28-2)16(10-12)29-3)24-25-20(26)30-11-17(27)23-14-7-5-6-13(21)18(14)22/h5-10H,4,11H2,1-3H3,(H,23,27). The predicted molar refractivity (Wildman–Crippen MR) is 120 cm³/mol. The molecule has 0 saturated heterocycles. The molecule has 3 aromatic rings. The number of methoxy groups -OCH3 is 2. The molecule has 1 heterocycles. The van der Waals surface area contributed by atoms with Crippen LogP contribution in [0.3, 0.4) is 0 Å². The molecule has 0 aliphatic heterocycles. The monoisotopic (exact) mass is 466 g/mol. The summed E-state index contributed by atoms with van der Waals surface area (Å²) in [6.07, 6.45) is 0. The van der Waals surface area contributed by atoms with Crippen molar-refractivity contribution in [3.05, 3.63) is 46.4 Å². The number of anilines is 1. The number of hydrogen-bond acceptors (Lipinski definition) is 6. The lowest BCUT2D eigenvalue weighted by Crippen LogP contribution is -2.15. The van der Waals surface area contributed by atoms with Crippen LogP contribution in [0.4, 0.5) is 5.69 Å². The van der Waals surface area contributed by atoms with Crippen molar-refractivity contribution in [3.63, 3.8) is 0 Å². The molecule has 1 amide bonds. The van der Waals surface area contributed by atoms with Gasteiger partial charge in [-0.3, -0.25) is 4.79 Å². The Hall–Kier alpha value is -2.42. The zero-order valence-corrected chi connectivity index (χ0v) is 18.9. The van der Waals surface area contributed by atoms with Gasteiger partial charge in [0, 0.05) is 12.1 Å². The zero-order chi connectivity index (χ0) is 21.7. The Labute approximate surface area is 188 Å². The number of nitrogens with zero attached hydrogens (tertiary/aromatic N) is 3. The highest BCUT2D eigenvalue weighted by molar-refractivity contribution is 7.99. The molecule has 0 spiro atoms. The van der Waals surface area contributed by atoms with Gasteiger partial charge in [-0.25, -0.2) is 0 Å². The van der Waals surface area contributed by atoms with Crippen molar-refractivity contribution in [3.8, 4) is 22.9 Å². The molecule has 0 bridgehead atoms. The molecule has 1 aromatic heterocycles. The molecule has 0 saturated carbocycles. The van der Waals surface area contributed by atoms with Gasteiger partial charge >= 0.3 is 0 Å². The molecule has 2 aromatic carbocycles. The van der Waals surface area contributed by atoms with E-state index >= 15 is 0 Å². The summed E-state index contributed by atoms with van der Waals surface area (Å²) in [4.78, 5) is 12.4. The molecule has 0 atom stereocenters. The summed E-state index contributed by atoms with van der Waals surface area (Å²) in [5.41, 5.74) is 1.31. The molecule has 30 heavy (non-hydrogen) atoms. The molecular weight excluding hydrogens is 447 g/mol. The van der Waals surface area contributed by atoms with E-state index in [9.17, 15) is 4.79 Å². The maximum Gasteiger partial charge on any atom is 0.234 e. The minimum Gasteiger partial charge on any atom is -0.493 e. The van der Waals surface area contributed by atoms with Gasteiger partial charge in [-0.15, -0.1) is 10.2 Å². The number of nitrogens with one attached hydrogen (secondary N) is 1. The van der Waals surface area contributed by atoms with Gasteiger partial charge in [-0.2, -0.15) is 0 Å². The summed E-state index contributed by atoms with van der Waals surface area (Å²) in [6, 6.07) is 10.6. The lowest BCUT2D eigenvalue weighted by atomic mass is 10.2. The molecule has 0 fully saturated rings. The fraction of sp³-hybridized carbons (Fsp3) is 0.250. The second-order valence-corrected chi connectivity index (χ2v) is 7.79. The van der Waals surface area contributed by atoms with E-state index in [1.165, 1.54) is 11.8 Å². The highest BCUT2D eigenvalue weighted by Crippen LogP contribution is 2.33. The maximum atomic E-state index is 12.4. The predicted octanol–water partition coefficient (Wildman–Crippen LogP) is 5.02. The van der Waals surface area contributed by atoms with Gasteiger partial charge in [0.25, 0.3) is 0 Å². The average molecular weight is 467 g/mol. The van der Waals surface area contributed by atoms with Gasteiger partial charge in [0.05, 0.1) is 35.7 Å². The third-order valence-electron chi connectivity index (χ3n) is 4.23. The largest absolute Gasteiger partial charge is 0.493 e. The second kappa shape index (κ2) is 10.1. The van der Waals surface area contributed by atoms with Crippen molar-refractivity contribution < 1.29 is 14.3 Å². The quantitative estimate of drug-likeness (QED) is 0.469. The number of benzene rings is 2. The van der Waals surface area contributed by atoms with Crippen molar-refractivity contribution in [1.29, 1.82) is 0 Å². The van der Waals surface area contributed by atoms with E-state index in [0.29, 0.717) is 44.8 Å². The fourth-order valence-corrected chi connectivity index (χ4v) is 3.94. The van der Waals surface area contributed by atoms with Gasteiger partial charge in [-0.05, 0) is 37.3 Å². The summed E-state index contributed by atoms with van der Waals surface area (Å²) in [7, 11) is 3.17. The Kier molecular flexibility index (Phi) is 7.47. The van der Waals surface area contributed by atoms with Crippen LogP contribution in [-0.4, -0.2) is 40.6 Å². The van der Waals surface area contributed by atoms with Crippen molar-refractivity contribution in [2.24, 2.45) is 0 Å². The van der Waals surface area contributed by atoms with E-state index in [1.807, 2.05) is 29.7 Å². The molecule has 0 unspecified atom stereocenters. The van der Waals surface area contributed by atoms with Crippen LogP contribution >= 0.6 is 35.0 Å². The smallest absolute Gasteiger partial charge is 0.234 e. The van der Waals surface area contributed by atoms with E-state index in [0.717, 1.165) is 5.56 Å². The number of aromatic nitrogens is 3. The molecule has 0 aliphatic carbocycles. The van der Waals surface area contributed by atoms with Gasteiger partial charge in [0.15, 0.2) is 22.5 Å². The fourth-order valence-electron chi connectivity index (χ4n) is 2.79. The molecule has 3 rings (SSSR count). The molecular formula is C20H20Cl2N4O3S. The third kappa shape index (κ3) is 4.83. The van der Waals surface area contributed by atoms with Crippen LogP contribution in [-0.2, 0) is 11.3 Å². The lowest BCUT2D eigenvalue weighted by Gasteiger charge is -2.11. The Bertz CT molecular complexity index is 1060. The van der Waals surface area contributed by atoms with Gasteiger partial charge < -0.3 is 19.4 Å². The van der Waals surface area contributed by atoms with Crippen LogP contribution in [0.5, 0.6) is 11.5 Å². The first-order valence-corrected chi connectivity index (χ1v) is 10.7. The summed E-state index contributed by atoms with van der Waals surface area (Å²) >= 11 is 13.4. The second-order valence-electron chi connectivity index (χ2n) is 6.06. The Morgan fingerprint density at radius 1 is 1.13 bits per heavy atom. The third-order valence-corrected chi connectivity index (χ3v) is 6.02. The molecule has 0 radical (unpaired) electrons. The van der Waals surface area contributed by atoms with E-state index in [1.54, 1.807) is 32.4 Å². The molecule has 7 nitrogen and oxygen atoms in total. The van der Waals surface area contributed by atoms with Gasteiger partial charge in [-0.1, -0.05) is 41.0 Å². The van der Waals surface area contributed by atoms with Crippen LogP contribution in [0.2, 0.25) is 10.0 Å². The number of ether oxygens (including phenoxy) is 2. The summed E-state index contributed by atoms with van der Waals surface area (Å²) in [5.74, 6) is 1.84. The van der Waals surface area contributed by atoms with Crippen molar-refractivity contribution in [2.45, 2.75) is 18.6 Å². The SMILES string of the molecule is CCn1c(SCC(=O)Nc2cccc(Cl)c2Cl)nnc1-c1ccc(OC)c(OC)c1. The van der Waals surface area contributed by atoms with Crippen molar-refractivity contribution in [1.82, 2.24) is 14.8 Å². The number of hydrogen-bond donors (Lipinski definition) is 1. The minimum atomic E-state index is -0.220. The summed E-state index contributed by atoms with van der Waals surface area (Å²) < 4.78 is 12.6. The number of halogens is 2. The Balaban J connectivity index is 1.74. The Morgan fingerprint density at radius 2 is 1.90 bits per heavy atom. The Morgan fingerprint density at radius 3 is 2.60 bits per heavy atom. The van der Waals surface area contributed by atoms with Gasteiger partial charge in [0.1, 0.15) is 0 Å². The molecule has 158 valence electrons. The number of carbonyl (C=O) groups is 1. The number of rotatable bonds is 8. The first-order chi connectivity index (χ1) is 14.5. The first kappa shape index (κ1) is 22.3. The minimum absolute atomic E-state index is 0.146. The van der Waals surface area contributed by atoms with Crippen LogP contribution in [0, 0.1) is 0 Å². The van der Waals surface area contributed by atoms with Crippen LogP contribution in [0.1, 0.15) is 6.92 Å². The van der Waals surface area contributed by atoms with E-state index in [-0.39, 0.29) is 11.7 Å². The first-order valence-electron chi connectivity index (χ1n) is 9.00. The zero-order valence-electron chi connectivity index (χ0n) is 16.6. The lowest BCUT2D eigenvalue weighted by molar-refractivity contribution is -0.113. The van der Waals surface area contributed by atoms with Crippen LogP contribution in [0.25, 0.3) is 11.4 Å². The van der Waals surface area contributed by atoms with Crippen LogP contribution in [0.15, 0.2) is 41.6 Å². The topological polar surface area (TPSA) is 78.3 Å². The van der Waals surface area contributed by atoms with Crippen molar-refractivity contribution in [2.75, 3.05) is 25.3 Å². The number of thioether (sulfide) groups is 1. The molecule has 10 heteroatoms. The van der Waals surface area contributed by atoms with Gasteiger partial charge in [0.2, 0.25) is 5.91 Å². The summed E-state index contributed by atoms with van der Waals surface area (Å²) in [6.45, 7) is 2.63. The van der Waals surface area contributed by atoms with E-state index in [2.05, 4.69) is 15.5 Å². The number of amides is 1. The normalized spacial score (nSPS) is 10.7. The molecule has 0 aliphatic rings. The van der Waals surface area contributed by atoms with Crippen LogP contribution < -0.4 is 14.8 Å². The highest BCUT2D eigenvalue weighted by atomic mass is 35.5. The van der Waals surface area contributed by atoms with Crippen molar-refractivity contribution >= 4 is 46.6 Å². The molecule has 1 N–H and O–H groups in total. The van der Waals surface area contributed by atoms with E-state index in [4.69, 9.17) is 32.7 Å².